The summed E-state index contributed by atoms with van der Waals surface area (Å²) in [6.45, 7) is -0.0860. The number of nitrogens with zero attached hydrogens (tertiary/aromatic N) is 1. The van der Waals surface area contributed by atoms with E-state index in [0.29, 0.717) is 5.69 Å². The molecule has 1 rings (SSSR count). The van der Waals surface area contributed by atoms with E-state index in [0.717, 1.165) is 0 Å². The first-order valence-corrected chi connectivity index (χ1v) is 3.53. The first-order valence-electron chi connectivity index (χ1n) is 3.53. The van der Waals surface area contributed by atoms with Crippen LogP contribution in [0.4, 0.5) is 0 Å². The van der Waals surface area contributed by atoms with Crippen LogP contribution in [0.2, 0.25) is 0 Å². The lowest BCUT2D eigenvalue weighted by molar-refractivity contribution is 0.0695. The lowest BCUT2D eigenvalue weighted by atomic mass is 10.1. The third-order valence-electron chi connectivity index (χ3n) is 1.47. The highest BCUT2D eigenvalue weighted by molar-refractivity contribution is 5.88. The molecule has 0 unspecified atom stereocenters. The number of hydrogen-bond donors (Lipinski definition) is 2. The maximum absolute atomic E-state index is 10.6. The fourth-order valence-electron chi connectivity index (χ4n) is 0.938. The number of carbonyl (C=O) groups is 1. The highest BCUT2D eigenvalue weighted by Gasteiger charge is 2.08. The second-order valence-corrected chi connectivity index (χ2v) is 2.28. The van der Waals surface area contributed by atoms with E-state index < -0.39 is 5.97 Å². The number of aromatic carboxylic acids is 1. The summed E-state index contributed by atoms with van der Waals surface area (Å²) in [5.74, 6) is -1.01. The van der Waals surface area contributed by atoms with E-state index in [4.69, 9.17) is 10.2 Å². The predicted molar refractivity (Wildman–Crippen MR) is 49.2 cm³/mol. The molecule has 2 N–H and O–H groups in total. The monoisotopic (exact) mass is 203 g/mol. The lowest BCUT2D eigenvalue weighted by Crippen LogP contribution is -2.05. The highest BCUT2D eigenvalue weighted by atomic mass is 35.5. The zero-order valence-corrected chi connectivity index (χ0v) is 7.62. The predicted octanol–water partition coefficient (Wildman–Crippen LogP) is 0.736. The van der Waals surface area contributed by atoms with Crippen LogP contribution in [-0.4, -0.2) is 27.8 Å². The maximum atomic E-state index is 10.6. The molecule has 1 aromatic rings. The van der Waals surface area contributed by atoms with Gasteiger partial charge >= 0.3 is 5.97 Å². The Labute approximate surface area is 81.6 Å². The van der Waals surface area contributed by atoms with Gasteiger partial charge in [0.1, 0.15) is 0 Å². The molecule has 0 saturated heterocycles. The first-order chi connectivity index (χ1) is 5.75. The van der Waals surface area contributed by atoms with Gasteiger partial charge in [-0.05, 0) is 12.1 Å². The Balaban J connectivity index is 0.00000144. The Bertz CT molecular complexity index is 290. The van der Waals surface area contributed by atoms with Gasteiger partial charge in [0.2, 0.25) is 0 Å². The third kappa shape index (κ3) is 3.01. The minimum absolute atomic E-state index is 0. The average molecular weight is 204 g/mol. The molecule has 0 bridgehead atoms. The van der Waals surface area contributed by atoms with Crippen LogP contribution in [0, 0.1) is 0 Å². The van der Waals surface area contributed by atoms with Crippen LogP contribution in [0.1, 0.15) is 16.1 Å². The van der Waals surface area contributed by atoms with Crippen molar-refractivity contribution < 1.29 is 15.0 Å². The molecule has 0 aliphatic heterocycles. The third-order valence-corrected chi connectivity index (χ3v) is 1.47. The molecule has 0 radical (unpaired) electrons. The summed E-state index contributed by atoms with van der Waals surface area (Å²) in [7, 11) is 0. The van der Waals surface area contributed by atoms with Crippen molar-refractivity contribution in [3.63, 3.8) is 0 Å². The number of aliphatic hydroxyl groups is 1. The van der Waals surface area contributed by atoms with E-state index in [1.807, 2.05) is 0 Å². The van der Waals surface area contributed by atoms with Crippen LogP contribution in [-0.2, 0) is 6.42 Å². The molecular weight excluding hydrogens is 194 g/mol. The number of carboxylic acids is 1. The van der Waals surface area contributed by atoms with Gasteiger partial charge in [-0.3, -0.25) is 4.98 Å². The molecule has 1 heterocycles. The summed E-state index contributed by atoms with van der Waals surface area (Å²) in [4.78, 5) is 14.4. The number of pyridine rings is 1. The van der Waals surface area contributed by atoms with Crippen molar-refractivity contribution in [2.24, 2.45) is 0 Å². The molecule has 0 aromatic carbocycles. The highest BCUT2D eigenvalue weighted by Crippen LogP contribution is 2.05. The first kappa shape index (κ1) is 11.9. The van der Waals surface area contributed by atoms with Crippen molar-refractivity contribution in [1.82, 2.24) is 4.98 Å². The Morgan fingerprint density at radius 3 is 2.77 bits per heavy atom. The molecule has 4 nitrogen and oxygen atoms in total. The summed E-state index contributed by atoms with van der Waals surface area (Å²) in [5.41, 5.74) is 0.582. The van der Waals surface area contributed by atoms with Crippen molar-refractivity contribution in [2.75, 3.05) is 6.61 Å². The minimum atomic E-state index is -1.01. The number of halogens is 1. The van der Waals surface area contributed by atoms with E-state index in [1.165, 1.54) is 12.3 Å². The molecule has 0 atom stereocenters. The van der Waals surface area contributed by atoms with Gasteiger partial charge < -0.3 is 10.2 Å². The fraction of sp³-hybridized carbons (Fsp3) is 0.250. The summed E-state index contributed by atoms with van der Waals surface area (Å²) < 4.78 is 0. The molecule has 0 aliphatic rings. The van der Waals surface area contributed by atoms with Crippen molar-refractivity contribution in [3.8, 4) is 0 Å². The molecular formula is C8H10ClNO3. The van der Waals surface area contributed by atoms with Crippen LogP contribution in [0.5, 0.6) is 0 Å². The second kappa shape index (κ2) is 5.50. The van der Waals surface area contributed by atoms with Crippen molar-refractivity contribution in [3.05, 3.63) is 29.6 Å². The number of carboxylic acid groups (broad SMARTS) is 1. The largest absolute Gasteiger partial charge is 0.478 e. The molecule has 0 amide bonds. The van der Waals surface area contributed by atoms with Crippen LogP contribution in [0.3, 0.4) is 0 Å². The fourth-order valence-corrected chi connectivity index (χ4v) is 0.938. The Morgan fingerprint density at radius 1 is 1.54 bits per heavy atom. The normalized spacial score (nSPS) is 9.00. The van der Waals surface area contributed by atoms with E-state index in [9.17, 15) is 4.79 Å². The van der Waals surface area contributed by atoms with Gasteiger partial charge in [-0.25, -0.2) is 4.79 Å². The van der Waals surface area contributed by atoms with Gasteiger partial charge in [0.05, 0.1) is 11.3 Å². The smallest absolute Gasteiger partial charge is 0.337 e. The van der Waals surface area contributed by atoms with E-state index in [1.54, 1.807) is 6.07 Å². The molecule has 0 saturated carbocycles. The minimum Gasteiger partial charge on any atom is -0.478 e. The van der Waals surface area contributed by atoms with Crippen LogP contribution >= 0.6 is 12.4 Å². The number of rotatable bonds is 3. The molecule has 13 heavy (non-hydrogen) atoms. The molecule has 0 spiro atoms. The molecule has 5 heteroatoms. The Kier molecular flexibility index (Phi) is 5.03. The SMILES string of the molecule is Cl.O=C(O)c1cccnc1CCO. The molecule has 72 valence electrons. The van der Waals surface area contributed by atoms with Crippen LogP contribution in [0.25, 0.3) is 0 Å². The van der Waals surface area contributed by atoms with Gasteiger partial charge in [-0.2, -0.15) is 0 Å². The number of hydrogen-bond acceptors (Lipinski definition) is 3. The molecule has 0 fully saturated rings. The zero-order valence-electron chi connectivity index (χ0n) is 6.80. The number of aliphatic hydroxyl groups excluding tert-OH is 1. The summed E-state index contributed by atoms with van der Waals surface area (Å²) in [6.07, 6.45) is 1.79. The summed E-state index contributed by atoms with van der Waals surface area (Å²) in [5, 5.41) is 17.3. The summed E-state index contributed by atoms with van der Waals surface area (Å²) in [6, 6.07) is 3.03. The van der Waals surface area contributed by atoms with Crippen molar-refractivity contribution >= 4 is 18.4 Å². The van der Waals surface area contributed by atoms with Gasteiger partial charge in [-0.15, -0.1) is 12.4 Å². The van der Waals surface area contributed by atoms with E-state index in [2.05, 4.69) is 4.98 Å². The maximum Gasteiger partial charge on any atom is 0.337 e. The van der Waals surface area contributed by atoms with Crippen molar-refractivity contribution in [2.45, 2.75) is 6.42 Å². The molecule has 1 aromatic heterocycles. The van der Waals surface area contributed by atoms with Crippen molar-refractivity contribution in [1.29, 1.82) is 0 Å². The van der Waals surface area contributed by atoms with E-state index >= 15 is 0 Å². The Hall–Kier alpha value is -1.13. The quantitative estimate of drug-likeness (QED) is 0.760. The van der Waals surface area contributed by atoms with Crippen LogP contribution in [0.15, 0.2) is 18.3 Å². The molecule has 0 aliphatic carbocycles. The zero-order chi connectivity index (χ0) is 8.97. The topological polar surface area (TPSA) is 70.4 Å². The van der Waals surface area contributed by atoms with Gasteiger partial charge in [0.25, 0.3) is 0 Å². The van der Waals surface area contributed by atoms with E-state index in [-0.39, 0.29) is 31.0 Å². The average Bonchev–Trinajstić information content (AvgIpc) is 2.05. The second-order valence-electron chi connectivity index (χ2n) is 2.28. The number of aromatic nitrogens is 1. The van der Waals surface area contributed by atoms with Crippen LogP contribution < -0.4 is 0 Å². The van der Waals surface area contributed by atoms with Gasteiger partial charge in [0.15, 0.2) is 0 Å². The summed E-state index contributed by atoms with van der Waals surface area (Å²) >= 11 is 0. The van der Waals surface area contributed by atoms with Gasteiger partial charge in [0, 0.05) is 19.2 Å². The standard InChI is InChI=1S/C8H9NO3.ClH/c10-5-3-7-6(8(11)12)2-1-4-9-7;/h1-2,4,10H,3,5H2,(H,11,12);1H. The van der Waals surface area contributed by atoms with Gasteiger partial charge in [-0.1, -0.05) is 0 Å². The lowest BCUT2D eigenvalue weighted by Gasteiger charge is -2.00. The Morgan fingerprint density at radius 2 is 2.23 bits per heavy atom.